The Morgan fingerprint density at radius 1 is 1.42 bits per heavy atom. The number of halogens is 1. The van der Waals surface area contributed by atoms with E-state index in [1.807, 2.05) is 0 Å². The Morgan fingerprint density at radius 3 is 2.67 bits per heavy atom. The van der Waals surface area contributed by atoms with Gasteiger partial charge in [-0.2, -0.15) is 0 Å². The summed E-state index contributed by atoms with van der Waals surface area (Å²) in [6.45, 7) is 3.06. The molecule has 0 saturated heterocycles. The number of nitrogens with zero attached hydrogens (tertiary/aromatic N) is 2. The second-order valence-corrected chi connectivity index (χ2v) is 2.94. The lowest BCUT2D eigenvalue weighted by molar-refractivity contribution is 0.826. The molecular weight excluding hydrogens is 174 g/mol. The maximum atomic E-state index is 5.62. The summed E-state index contributed by atoms with van der Waals surface area (Å²) in [4.78, 5) is 7.99. The average molecular weight is 186 g/mol. The van der Waals surface area contributed by atoms with E-state index in [-0.39, 0.29) is 0 Å². The number of hydrogen-bond donors (Lipinski definition) is 1. The Balaban J connectivity index is 2.37. The van der Waals surface area contributed by atoms with Crippen molar-refractivity contribution in [3.63, 3.8) is 0 Å². The lowest BCUT2D eigenvalue weighted by Gasteiger charge is -2.01. The van der Waals surface area contributed by atoms with E-state index in [4.69, 9.17) is 11.6 Å². The van der Waals surface area contributed by atoms with Gasteiger partial charge < -0.3 is 5.32 Å². The molecule has 0 aromatic carbocycles. The number of unbranched alkanes of at least 4 members (excludes halogenated alkanes) is 1. The Morgan fingerprint density at radius 2 is 2.08 bits per heavy atom. The van der Waals surface area contributed by atoms with Gasteiger partial charge in [0, 0.05) is 6.54 Å². The highest BCUT2D eigenvalue weighted by Crippen LogP contribution is 2.05. The second kappa shape index (κ2) is 4.93. The van der Waals surface area contributed by atoms with Gasteiger partial charge in [0.05, 0.1) is 17.4 Å². The van der Waals surface area contributed by atoms with Gasteiger partial charge >= 0.3 is 0 Å². The van der Waals surface area contributed by atoms with Gasteiger partial charge in [0.15, 0.2) is 0 Å². The van der Waals surface area contributed by atoms with Crippen LogP contribution in [-0.4, -0.2) is 16.5 Å². The first-order chi connectivity index (χ1) is 5.83. The summed E-state index contributed by atoms with van der Waals surface area (Å²) >= 11 is 5.62. The summed E-state index contributed by atoms with van der Waals surface area (Å²) in [5.41, 5.74) is 0. The minimum Gasteiger partial charge on any atom is -0.354 e. The van der Waals surface area contributed by atoms with Crippen molar-refractivity contribution < 1.29 is 0 Å². The lowest BCUT2D eigenvalue weighted by Crippen LogP contribution is -2.04. The fourth-order valence-corrected chi connectivity index (χ4v) is 0.878. The largest absolute Gasteiger partial charge is 0.354 e. The molecule has 0 bridgehead atoms. The van der Waals surface area contributed by atoms with Crippen molar-refractivity contribution in [1.82, 2.24) is 9.97 Å². The van der Waals surface area contributed by atoms with Crippen LogP contribution >= 0.6 is 11.6 Å². The Kier molecular flexibility index (Phi) is 3.80. The number of aromatic nitrogens is 2. The molecule has 0 aliphatic rings. The summed E-state index contributed by atoms with van der Waals surface area (Å²) in [7, 11) is 0. The molecule has 1 heterocycles. The molecule has 0 unspecified atom stereocenters. The molecule has 12 heavy (non-hydrogen) atoms. The standard InChI is InChI=1S/C8H12ClN3/c1-2-3-4-10-8-11-5-7(9)6-12-8/h5-6H,2-4H2,1H3,(H,10,11,12). The topological polar surface area (TPSA) is 37.8 Å². The number of hydrogen-bond acceptors (Lipinski definition) is 3. The monoisotopic (exact) mass is 185 g/mol. The minimum absolute atomic E-state index is 0.566. The summed E-state index contributed by atoms with van der Waals surface area (Å²) in [5.74, 6) is 0.646. The van der Waals surface area contributed by atoms with E-state index in [2.05, 4.69) is 22.2 Å². The molecule has 3 nitrogen and oxygen atoms in total. The molecule has 0 spiro atoms. The predicted octanol–water partition coefficient (Wildman–Crippen LogP) is 2.34. The zero-order valence-corrected chi connectivity index (χ0v) is 7.80. The van der Waals surface area contributed by atoms with Crippen LogP contribution in [0.2, 0.25) is 5.02 Å². The van der Waals surface area contributed by atoms with Crippen LogP contribution in [-0.2, 0) is 0 Å². The molecule has 0 saturated carbocycles. The van der Waals surface area contributed by atoms with Gasteiger partial charge in [-0.05, 0) is 6.42 Å². The SMILES string of the molecule is CCCCNc1ncc(Cl)cn1. The zero-order chi connectivity index (χ0) is 8.81. The second-order valence-electron chi connectivity index (χ2n) is 2.51. The summed E-state index contributed by atoms with van der Waals surface area (Å²) < 4.78 is 0. The highest BCUT2D eigenvalue weighted by molar-refractivity contribution is 6.30. The average Bonchev–Trinajstić information content (AvgIpc) is 2.09. The van der Waals surface area contributed by atoms with E-state index in [1.165, 1.54) is 6.42 Å². The molecule has 0 aliphatic carbocycles. The van der Waals surface area contributed by atoms with Crippen LogP contribution in [0, 0.1) is 0 Å². The van der Waals surface area contributed by atoms with Crippen molar-refractivity contribution >= 4 is 17.5 Å². The molecule has 1 aromatic rings. The van der Waals surface area contributed by atoms with Crippen LogP contribution in [0.4, 0.5) is 5.95 Å². The fraction of sp³-hybridized carbons (Fsp3) is 0.500. The van der Waals surface area contributed by atoms with E-state index >= 15 is 0 Å². The Labute approximate surface area is 77.2 Å². The third-order valence-corrected chi connectivity index (χ3v) is 1.63. The lowest BCUT2D eigenvalue weighted by atomic mass is 10.3. The van der Waals surface area contributed by atoms with Crippen molar-refractivity contribution in [3.05, 3.63) is 17.4 Å². The first-order valence-electron chi connectivity index (χ1n) is 4.04. The van der Waals surface area contributed by atoms with Gasteiger partial charge in [-0.15, -0.1) is 0 Å². The zero-order valence-electron chi connectivity index (χ0n) is 7.05. The molecule has 1 N–H and O–H groups in total. The minimum atomic E-state index is 0.566. The molecule has 0 fully saturated rings. The van der Waals surface area contributed by atoms with Crippen molar-refractivity contribution in [2.24, 2.45) is 0 Å². The highest BCUT2D eigenvalue weighted by atomic mass is 35.5. The molecule has 0 radical (unpaired) electrons. The van der Waals surface area contributed by atoms with Crippen LogP contribution in [0.3, 0.4) is 0 Å². The van der Waals surface area contributed by atoms with Gasteiger partial charge in [-0.25, -0.2) is 9.97 Å². The first-order valence-corrected chi connectivity index (χ1v) is 4.42. The maximum Gasteiger partial charge on any atom is 0.222 e. The van der Waals surface area contributed by atoms with Gasteiger partial charge in [0.1, 0.15) is 0 Å². The molecule has 4 heteroatoms. The quantitative estimate of drug-likeness (QED) is 0.732. The molecule has 1 aromatic heterocycles. The first kappa shape index (κ1) is 9.26. The van der Waals surface area contributed by atoms with Gasteiger partial charge in [-0.3, -0.25) is 0 Å². The van der Waals surface area contributed by atoms with Gasteiger partial charge in [-0.1, -0.05) is 24.9 Å². The van der Waals surface area contributed by atoms with Gasteiger partial charge in [0.2, 0.25) is 5.95 Å². The van der Waals surface area contributed by atoms with Crippen LogP contribution in [0.25, 0.3) is 0 Å². The maximum absolute atomic E-state index is 5.62. The van der Waals surface area contributed by atoms with Crippen LogP contribution in [0.5, 0.6) is 0 Å². The van der Waals surface area contributed by atoms with Crippen LogP contribution in [0.1, 0.15) is 19.8 Å². The van der Waals surface area contributed by atoms with Crippen LogP contribution < -0.4 is 5.32 Å². The predicted molar refractivity (Wildman–Crippen MR) is 50.4 cm³/mol. The number of rotatable bonds is 4. The third-order valence-electron chi connectivity index (χ3n) is 1.43. The normalized spacial score (nSPS) is 9.83. The molecule has 0 atom stereocenters. The number of nitrogens with one attached hydrogen (secondary N) is 1. The molecule has 0 aliphatic heterocycles. The van der Waals surface area contributed by atoms with Crippen molar-refractivity contribution in [2.45, 2.75) is 19.8 Å². The molecule has 0 amide bonds. The van der Waals surface area contributed by atoms with Crippen molar-refractivity contribution in [3.8, 4) is 0 Å². The Hall–Kier alpha value is -0.830. The van der Waals surface area contributed by atoms with Crippen molar-refractivity contribution in [2.75, 3.05) is 11.9 Å². The third kappa shape index (κ3) is 3.05. The smallest absolute Gasteiger partial charge is 0.222 e. The van der Waals surface area contributed by atoms with E-state index in [9.17, 15) is 0 Å². The summed E-state index contributed by atoms with van der Waals surface area (Å²) in [6.07, 6.45) is 5.47. The van der Waals surface area contributed by atoms with E-state index in [1.54, 1.807) is 12.4 Å². The molecule has 66 valence electrons. The van der Waals surface area contributed by atoms with Crippen LogP contribution in [0.15, 0.2) is 12.4 Å². The van der Waals surface area contributed by atoms with E-state index in [0.29, 0.717) is 11.0 Å². The fourth-order valence-electron chi connectivity index (χ4n) is 0.781. The summed E-state index contributed by atoms with van der Waals surface area (Å²) in [5, 5.41) is 3.66. The molecule has 1 rings (SSSR count). The highest BCUT2D eigenvalue weighted by Gasteiger charge is 1.93. The van der Waals surface area contributed by atoms with E-state index in [0.717, 1.165) is 13.0 Å². The Bertz CT molecular complexity index is 222. The van der Waals surface area contributed by atoms with E-state index < -0.39 is 0 Å². The summed E-state index contributed by atoms with van der Waals surface area (Å²) in [6, 6.07) is 0. The molecular formula is C8H12ClN3. The van der Waals surface area contributed by atoms with Gasteiger partial charge in [0.25, 0.3) is 0 Å². The van der Waals surface area contributed by atoms with Crippen molar-refractivity contribution in [1.29, 1.82) is 0 Å². The number of anilines is 1.